The zero-order chi connectivity index (χ0) is 15.9. The highest BCUT2D eigenvalue weighted by atomic mass is 19.1. The fourth-order valence-electron chi connectivity index (χ4n) is 1.75. The first-order valence-corrected chi connectivity index (χ1v) is 7.17. The molecule has 6 heteroatoms. The van der Waals surface area contributed by atoms with Gasteiger partial charge in [0.1, 0.15) is 17.3 Å². The summed E-state index contributed by atoms with van der Waals surface area (Å²) in [5.41, 5.74) is 0.714. The molecule has 1 heterocycles. The second kappa shape index (κ2) is 7.49. The SMILES string of the molecule is CC(C)CCNc1cnc(C(=O)Nc2ccc(F)cc2)cn1. The molecule has 0 atom stereocenters. The molecule has 116 valence electrons. The van der Waals surface area contributed by atoms with Gasteiger partial charge in [0, 0.05) is 12.2 Å². The average Bonchev–Trinajstić information content (AvgIpc) is 2.50. The molecule has 2 rings (SSSR count). The van der Waals surface area contributed by atoms with Crippen molar-refractivity contribution in [3.63, 3.8) is 0 Å². The van der Waals surface area contributed by atoms with Gasteiger partial charge in [-0.1, -0.05) is 13.8 Å². The van der Waals surface area contributed by atoms with Crippen LogP contribution in [0.5, 0.6) is 0 Å². The third-order valence-corrected chi connectivity index (χ3v) is 3.01. The highest BCUT2D eigenvalue weighted by Crippen LogP contribution is 2.10. The van der Waals surface area contributed by atoms with Gasteiger partial charge in [-0.05, 0) is 36.6 Å². The molecule has 22 heavy (non-hydrogen) atoms. The van der Waals surface area contributed by atoms with Crippen molar-refractivity contribution in [1.82, 2.24) is 9.97 Å². The normalized spacial score (nSPS) is 10.5. The Balaban J connectivity index is 1.91. The Morgan fingerprint density at radius 3 is 2.50 bits per heavy atom. The molecule has 0 spiro atoms. The van der Waals surface area contributed by atoms with Crippen LogP contribution in [0.1, 0.15) is 30.8 Å². The summed E-state index contributed by atoms with van der Waals surface area (Å²) in [5.74, 6) is 0.516. The highest BCUT2D eigenvalue weighted by molar-refractivity contribution is 6.02. The second-order valence-electron chi connectivity index (χ2n) is 5.36. The first-order valence-electron chi connectivity index (χ1n) is 7.17. The maximum Gasteiger partial charge on any atom is 0.275 e. The fourth-order valence-corrected chi connectivity index (χ4v) is 1.75. The van der Waals surface area contributed by atoms with E-state index in [1.165, 1.54) is 36.7 Å². The van der Waals surface area contributed by atoms with Gasteiger partial charge in [0.2, 0.25) is 0 Å². The number of nitrogens with one attached hydrogen (secondary N) is 2. The molecule has 0 radical (unpaired) electrons. The minimum absolute atomic E-state index is 0.207. The van der Waals surface area contributed by atoms with Gasteiger partial charge in [-0.15, -0.1) is 0 Å². The van der Waals surface area contributed by atoms with E-state index < -0.39 is 0 Å². The zero-order valence-electron chi connectivity index (χ0n) is 12.6. The van der Waals surface area contributed by atoms with E-state index >= 15 is 0 Å². The van der Waals surface area contributed by atoms with Gasteiger partial charge in [0.15, 0.2) is 0 Å². The molecule has 1 aromatic carbocycles. The van der Waals surface area contributed by atoms with Gasteiger partial charge in [-0.3, -0.25) is 4.79 Å². The van der Waals surface area contributed by atoms with E-state index in [4.69, 9.17) is 0 Å². The molecule has 2 N–H and O–H groups in total. The van der Waals surface area contributed by atoms with Crippen LogP contribution in [0.3, 0.4) is 0 Å². The molecule has 0 aliphatic carbocycles. The molecule has 0 bridgehead atoms. The van der Waals surface area contributed by atoms with E-state index in [0.717, 1.165) is 13.0 Å². The Hall–Kier alpha value is -2.50. The van der Waals surface area contributed by atoms with E-state index in [1.807, 2.05) is 0 Å². The molecule has 0 saturated carbocycles. The monoisotopic (exact) mass is 302 g/mol. The summed E-state index contributed by atoms with van der Waals surface area (Å²) >= 11 is 0. The van der Waals surface area contributed by atoms with E-state index in [0.29, 0.717) is 17.4 Å². The topological polar surface area (TPSA) is 66.9 Å². The second-order valence-corrected chi connectivity index (χ2v) is 5.36. The maximum atomic E-state index is 12.8. The van der Waals surface area contributed by atoms with Crippen molar-refractivity contribution in [2.75, 3.05) is 17.2 Å². The number of anilines is 2. The molecule has 5 nitrogen and oxygen atoms in total. The Bertz CT molecular complexity index is 611. The van der Waals surface area contributed by atoms with Gasteiger partial charge >= 0.3 is 0 Å². The van der Waals surface area contributed by atoms with E-state index in [2.05, 4.69) is 34.4 Å². The van der Waals surface area contributed by atoms with Crippen molar-refractivity contribution in [2.45, 2.75) is 20.3 Å². The number of halogens is 1. The molecular formula is C16H19FN4O. The van der Waals surface area contributed by atoms with E-state index in [1.54, 1.807) is 0 Å². The number of amides is 1. The van der Waals surface area contributed by atoms with Gasteiger partial charge in [-0.25, -0.2) is 14.4 Å². The van der Waals surface area contributed by atoms with Crippen molar-refractivity contribution in [3.05, 3.63) is 48.2 Å². The minimum Gasteiger partial charge on any atom is -0.369 e. The summed E-state index contributed by atoms with van der Waals surface area (Å²) < 4.78 is 12.8. The molecule has 0 aliphatic rings. The van der Waals surface area contributed by atoms with Gasteiger partial charge in [-0.2, -0.15) is 0 Å². The average molecular weight is 302 g/mol. The van der Waals surface area contributed by atoms with Crippen LogP contribution in [0.2, 0.25) is 0 Å². The number of rotatable bonds is 6. The Morgan fingerprint density at radius 2 is 1.91 bits per heavy atom. The quantitative estimate of drug-likeness (QED) is 0.859. The van der Waals surface area contributed by atoms with Crippen LogP contribution in [-0.2, 0) is 0 Å². The lowest BCUT2D eigenvalue weighted by Gasteiger charge is -2.08. The van der Waals surface area contributed by atoms with Crippen LogP contribution in [0.15, 0.2) is 36.7 Å². The zero-order valence-corrected chi connectivity index (χ0v) is 12.6. The molecule has 1 amide bonds. The molecular weight excluding hydrogens is 283 g/mol. The van der Waals surface area contributed by atoms with Gasteiger partial charge in [0.05, 0.1) is 12.4 Å². The lowest BCUT2D eigenvalue weighted by Crippen LogP contribution is -2.14. The largest absolute Gasteiger partial charge is 0.369 e. The van der Waals surface area contributed by atoms with E-state index in [-0.39, 0.29) is 17.4 Å². The smallest absolute Gasteiger partial charge is 0.275 e. The summed E-state index contributed by atoms with van der Waals surface area (Å²) in [4.78, 5) is 20.2. The molecule has 2 aromatic rings. The number of hydrogen-bond donors (Lipinski definition) is 2. The Labute approximate surface area is 129 Å². The lowest BCUT2D eigenvalue weighted by atomic mass is 10.1. The third kappa shape index (κ3) is 4.80. The first-order chi connectivity index (χ1) is 10.5. The number of hydrogen-bond acceptors (Lipinski definition) is 4. The first kappa shape index (κ1) is 15.9. The summed E-state index contributed by atoms with van der Waals surface area (Å²) in [6.07, 6.45) is 3.98. The van der Waals surface area contributed by atoms with Crippen molar-refractivity contribution >= 4 is 17.4 Å². The minimum atomic E-state index is -0.382. The summed E-state index contributed by atoms with van der Waals surface area (Å²) in [5, 5.41) is 5.79. The van der Waals surface area contributed by atoms with Crippen LogP contribution in [0.25, 0.3) is 0 Å². The molecule has 0 saturated heterocycles. The van der Waals surface area contributed by atoms with Crippen molar-refractivity contribution in [1.29, 1.82) is 0 Å². The highest BCUT2D eigenvalue weighted by Gasteiger charge is 2.08. The number of carbonyl (C=O) groups excluding carboxylic acids is 1. The number of nitrogens with zero attached hydrogens (tertiary/aromatic N) is 2. The molecule has 0 unspecified atom stereocenters. The standard InChI is InChI=1S/C16H19FN4O/c1-11(2)7-8-18-15-10-19-14(9-20-15)16(22)21-13-5-3-12(17)4-6-13/h3-6,9-11H,7-8H2,1-2H3,(H,18,20)(H,21,22). The fraction of sp³-hybridized carbons (Fsp3) is 0.312. The van der Waals surface area contributed by atoms with Crippen molar-refractivity contribution < 1.29 is 9.18 Å². The predicted molar refractivity (Wildman–Crippen MR) is 84.3 cm³/mol. The van der Waals surface area contributed by atoms with E-state index in [9.17, 15) is 9.18 Å². The number of benzene rings is 1. The number of aromatic nitrogens is 2. The maximum absolute atomic E-state index is 12.8. The van der Waals surface area contributed by atoms with Crippen LogP contribution in [0.4, 0.5) is 15.9 Å². The molecule has 1 aromatic heterocycles. The van der Waals surface area contributed by atoms with Gasteiger partial charge in [0.25, 0.3) is 5.91 Å². The van der Waals surface area contributed by atoms with Crippen LogP contribution in [-0.4, -0.2) is 22.4 Å². The van der Waals surface area contributed by atoms with Crippen molar-refractivity contribution in [2.24, 2.45) is 5.92 Å². The lowest BCUT2D eigenvalue weighted by molar-refractivity contribution is 0.102. The molecule has 0 aliphatic heterocycles. The molecule has 0 fully saturated rings. The van der Waals surface area contributed by atoms with Gasteiger partial charge < -0.3 is 10.6 Å². The summed E-state index contributed by atoms with van der Waals surface area (Å²) in [6, 6.07) is 5.54. The van der Waals surface area contributed by atoms with Crippen molar-refractivity contribution in [3.8, 4) is 0 Å². The Morgan fingerprint density at radius 1 is 1.18 bits per heavy atom. The third-order valence-electron chi connectivity index (χ3n) is 3.01. The Kier molecular flexibility index (Phi) is 5.41. The summed E-state index contributed by atoms with van der Waals surface area (Å²) in [7, 11) is 0. The van der Waals surface area contributed by atoms with Crippen LogP contribution >= 0.6 is 0 Å². The van der Waals surface area contributed by atoms with Crippen LogP contribution in [0, 0.1) is 11.7 Å². The predicted octanol–water partition coefficient (Wildman–Crippen LogP) is 3.33. The number of carbonyl (C=O) groups is 1. The summed E-state index contributed by atoms with van der Waals surface area (Å²) in [6.45, 7) is 5.11. The van der Waals surface area contributed by atoms with Crippen LogP contribution < -0.4 is 10.6 Å².